The summed E-state index contributed by atoms with van der Waals surface area (Å²) in [5, 5.41) is 10.9. The third-order valence-corrected chi connectivity index (χ3v) is 4.11. The molecule has 0 fully saturated rings. The molecule has 0 radical (unpaired) electrons. The van der Waals surface area contributed by atoms with Crippen LogP contribution in [0.4, 0.5) is 10.1 Å². The lowest BCUT2D eigenvalue weighted by atomic mass is 10.1. The van der Waals surface area contributed by atoms with Crippen LogP contribution < -0.4 is 4.74 Å². The zero-order valence-corrected chi connectivity index (χ0v) is 15.6. The van der Waals surface area contributed by atoms with Gasteiger partial charge in [-0.15, -0.1) is 0 Å². The topological polar surface area (TPSA) is 99.0 Å². The minimum Gasteiger partial charge on any atom is -0.494 e. The summed E-state index contributed by atoms with van der Waals surface area (Å²) in [5.74, 6) is -1.79. The molecule has 0 saturated carbocycles. The molecule has 0 heterocycles. The van der Waals surface area contributed by atoms with E-state index >= 15 is 0 Å². The van der Waals surface area contributed by atoms with Crippen LogP contribution in [-0.4, -0.2) is 42.5 Å². The molecule has 148 valence electrons. The molecule has 0 N–H and O–H groups in total. The second-order valence-corrected chi connectivity index (χ2v) is 6.00. The molecule has 9 heteroatoms. The molecule has 8 nitrogen and oxygen atoms in total. The number of ether oxygens (including phenoxy) is 2. The first-order valence-electron chi connectivity index (χ1n) is 8.22. The highest BCUT2D eigenvalue weighted by molar-refractivity contribution is 5.93. The van der Waals surface area contributed by atoms with E-state index in [-0.39, 0.29) is 29.1 Å². The van der Waals surface area contributed by atoms with Crippen LogP contribution in [0.15, 0.2) is 36.4 Å². The maximum Gasteiger partial charge on any atom is 0.339 e. The molecule has 0 aliphatic heterocycles. The number of nitro benzene ring substituents is 1. The smallest absolute Gasteiger partial charge is 0.339 e. The molecule has 2 aromatic carbocycles. The molecule has 0 aromatic heterocycles. The Balaban J connectivity index is 1.98. The molecule has 0 unspecified atom stereocenters. The molecule has 0 saturated heterocycles. The van der Waals surface area contributed by atoms with Gasteiger partial charge in [0, 0.05) is 25.2 Å². The van der Waals surface area contributed by atoms with Gasteiger partial charge in [0.05, 0.1) is 17.6 Å². The molecule has 0 spiro atoms. The molecule has 28 heavy (non-hydrogen) atoms. The van der Waals surface area contributed by atoms with Crippen molar-refractivity contribution in [3.05, 3.63) is 69.0 Å². The Labute approximate surface area is 160 Å². The van der Waals surface area contributed by atoms with Crippen LogP contribution in [0.2, 0.25) is 0 Å². The molecule has 0 aliphatic carbocycles. The average Bonchev–Trinajstić information content (AvgIpc) is 2.65. The van der Waals surface area contributed by atoms with Gasteiger partial charge in [0.2, 0.25) is 0 Å². The van der Waals surface area contributed by atoms with Crippen LogP contribution in [-0.2, 0) is 16.1 Å². The molecule has 2 aromatic rings. The third-order valence-electron chi connectivity index (χ3n) is 4.11. The van der Waals surface area contributed by atoms with E-state index in [0.717, 1.165) is 0 Å². The second kappa shape index (κ2) is 8.94. The standard InChI is InChI=1S/C19H19FN2O6/c1-12-14(5-4-6-16(12)22(25)26)19(24)28-11-18(23)21(2)10-13-7-8-17(27-3)15(20)9-13/h4-9H,10-11H2,1-3H3. The maximum atomic E-state index is 13.7. The fraction of sp³-hybridized carbons (Fsp3) is 0.263. The predicted octanol–water partition coefficient (Wildman–Crippen LogP) is 2.87. The summed E-state index contributed by atoms with van der Waals surface area (Å²) in [7, 11) is 2.84. The molecule has 2 rings (SSSR count). The first-order chi connectivity index (χ1) is 13.2. The van der Waals surface area contributed by atoms with Gasteiger partial charge in [-0.05, 0) is 30.7 Å². The maximum absolute atomic E-state index is 13.7. The molecule has 1 amide bonds. The van der Waals surface area contributed by atoms with Gasteiger partial charge in [-0.25, -0.2) is 9.18 Å². The Kier molecular flexibility index (Phi) is 6.64. The van der Waals surface area contributed by atoms with Gasteiger partial charge in [0.25, 0.3) is 11.6 Å². The Bertz CT molecular complexity index is 915. The number of nitro groups is 1. The van der Waals surface area contributed by atoms with Crippen molar-refractivity contribution in [3.8, 4) is 5.75 Å². The number of nitrogens with zero attached hydrogens (tertiary/aromatic N) is 2. The monoisotopic (exact) mass is 390 g/mol. The largest absolute Gasteiger partial charge is 0.494 e. The summed E-state index contributed by atoms with van der Waals surface area (Å²) in [6.07, 6.45) is 0. The van der Waals surface area contributed by atoms with Crippen molar-refractivity contribution in [2.24, 2.45) is 0 Å². The van der Waals surface area contributed by atoms with E-state index in [9.17, 15) is 24.1 Å². The van der Waals surface area contributed by atoms with E-state index in [1.54, 1.807) is 6.07 Å². The number of amides is 1. The second-order valence-electron chi connectivity index (χ2n) is 6.00. The zero-order valence-electron chi connectivity index (χ0n) is 15.6. The molecule has 0 atom stereocenters. The highest BCUT2D eigenvalue weighted by Gasteiger charge is 2.20. The van der Waals surface area contributed by atoms with E-state index in [2.05, 4.69) is 0 Å². The van der Waals surface area contributed by atoms with Crippen LogP contribution >= 0.6 is 0 Å². The van der Waals surface area contributed by atoms with E-state index in [1.165, 1.54) is 56.3 Å². The number of carbonyl (C=O) groups is 2. The van der Waals surface area contributed by atoms with E-state index in [0.29, 0.717) is 5.56 Å². The lowest BCUT2D eigenvalue weighted by Gasteiger charge is -2.17. The van der Waals surface area contributed by atoms with Crippen molar-refractivity contribution >= 4 is 17.6 Å². The van der Waals surface area contributed by atoms with Crippen LogP contribution in [0.3, 0.4) is 0 Å². The summed E-state index contributed by atoms with van der Waals surface area (Å²) < 4.78 is 23.5. The lowest BCUT2D eigenvalue weighted by Crippen LogP contribution is -2.31. The van der Waals surface area contributed by atoms with Crippen molar-refractivity contribution in [3.63, 3.8) is 0 Å². The summed E-state index contributed by atoms with van der Waals surface area (Å²) in [6, 6.07) is 8.35. The minimum absolute atomic E-state index is 0.0156. The predicted molar refractivity (Wildman–Crippen MR) is 97.5 cm³/mol. The highest BCUT2D eigenvalue weighted by atomic mass is 19.1. The third kappa shape index (κ3) is 4.81. The Morgan fingerprint density at radius 3 is 2.57 bits per heavy atom. The van der Waals surface area contributed by atoms with Crippen molar-refractivity contribution in [2.45, 2.75) is 13.5 Å². The minimum atomic E-state index is -0.835. The quantitative estimate of drug-likeness (QED) is 0.410. The number of rotatable bonds is 7. The van der Waals surface area contributed by atoms with Gasteiger partial charge < -0.3 is 14.4 Å². The lowest BCUT2D eigenvalue weighted by molar-refractivity contribution is -0.385. The highest BCUT2D eigenvalue weighted by Crippen LogP contribution is 2.22. The summed E-state index contributed by atoms with van der Waals surface area (Å²) >= 11 is 0. The number of likely N-dealkylation sites (N-methyl/N-ethyl adjacent to an activating group) is 1. The van der Waals surface area contributed by atoms with E-state index in [1.807, 2.05) is 0 Å². The van der Waals surface area contributed by atoms with Crippen molar-refractivity contribution in [1.82, 2.24) is 4.90 Å². The normalized spacial score (nSPS) is 10.3. The first kappa shape index (κ1) is 20.8. The van der Waals surface area contributed by atoms with Crippen molar-refractivity contribution < 1.29 is 28.4 Å². The first-order valence-corrected chi connectivity index (χ1v) is 8.22. The van der Waals surface area contributed by atoms with Gasteiger partial charge in [0.15, 0.2) is 18.2 Å². The Hall–Kier alpha value is -3.49. The van der Waals surface area contributed by atoms with E-state index < -0.39 is 29.2 Å². The van der Waals surface area contributed by atoms with Crippen LogP contribution in [0.25, 0.3) is 0 Å². The van der Waals surface area contributed by atoms with Crippen LogP contribution in [0.5, 0.6) is 5.75 Å². The number of hydrogen-bond donors (Lipinski definition) is 0. The van der Waals surface area contributed by atoms with Crippen molar-refractivity contribution in [2.75, 3.05) is 20.8 Å². The van der Waals surface area contributed by atoms with Crippen molar-refractivity contribution in [1.29, 1.82) is 0 Å². The SMILES string of the molecule is COc1ccc(CN(C)C(=O)COC(=O)c2cccc([N+](=O)[O-])c2C)cc1F. The number of halogens is 1. The molecule has 0 aliphatic rings. The zero-order chi connectivity index (χ0) is 20.8. The number of hydrogen-bond acceptors (Lipinski definition) is 6. The van der Waals surface area contributed by atoms with Gasteiger partial charge in [-0.3, -0.25) is 14.9 Å². The number of esters is 1. The Morgan fingerprint density at radius 1 is 1.25 bits per heavy atom. The van der Waals surface area contributed by atoms with Crippen LogP contribution in [0, 0.1) is 22.9 Å². The van der Waals surface area contributed by atoms with Gasteiger partial charge >= 0.3 is 5.97 Å². The summed E-state index contributed by atoms with van der Waals surface area (Å²) in [6.45, 7) is 0.990. The fourth-order valence-electron chi connectivity index (χ4n) is 2.53. The van der Waals surface area contributed by atoms with Crippen LogP contribution in [0.1, 0.15) is 21.5 Å². The summed E-state index contributed by atoms with van der Waals surface area (Å²) in [4.78, 5) is 36.0. The number of carbonyl (C=O) groups excluding carboxylic acids is 2. The number of benzene rings is 2. The summed E-state index contributed by atoms with van der Waals surface area (Å²) in [5.41, 5.74) is 0.503. The average molecular weight is 390 g/mol. The van der Waals surface area contributed by atoms with Gasteiger partial charge in [-0.2, -0.15) is 0 Å². The van der Waals surface area contributed by atoms with Gasteiger partial charge in [0.1, 0.15) is 0 Å². The Morgan fingerprint density at radius 2 is 1.96 bits per heavy atom. The van der Waals surface area contributed by atoms with Gasteiger partial charge in [-0.1, -0.05) is 12.1 Å². The molecule has 0 bridgehead atoms. The molecular weight excluding hydrogens is 371 g/mol. The molecular formula is C19H19FN2O6. The number of methoxy groups -OCH3 is 1. The van der Waals surface area contributed by atoms with E-state index in [4.69, 9.17) is 9.47 Å². The fourth-order valence-corrected chi connectivity index (χ4v) is 2.53.